The molecule has 224 valence electrons. The predicted molar refractivity (Wildman–Crippen MR) is 141 cm³/mol. The summed E-state index contributed by atoms with van der Waals surface area (Å²) in [6, 6.07) is -3.73. The van der Waals surface area contributed by atoms with Crippen molar-refractivity contribution in [2.75, 3.05) is 19.6 Å². The number of hydrogen-bond acceptors (Lipinski definition) is 8. The normalized spacial score (nSPS) is 22.1. The summed E-state index contributed by atoms with van der Waals surface area (Å²) in [4.78, 5) is 89.6. The van der Waals surface area contributed by atoms with Crippen molar-refractivity contribution in [1.29, 1.82) is 0 Å². The molecule has 0 saturated carbocycles. The Hall–Kier alpha value is -4.44. The van der Waals surface area contributed by atoms with Crippen LogP contribution in [0.5, 0.6) is 0 Å². The van der Waals surface area contributed by atoms with Crippen molar-refractivity contribution in [2.24, 2.45) is 22.2 Å². The number of carboxylic acid groups (broad SMARTS) is 1. The van der Waals surface area contributed by atoms with E-state index in [0.29, 0.717) is 19.3 Å². The maximum Gasteiger partial charge on any atom is 0.305 e. The first kappa shape index (κ1) is 33.6. The monoisotopic (exact) mass is 569 g/mol. The summed E-state index contributed by atoms with van der Waals surface area (Å²) in [7, 11) is 0. The van der Waals surface area contributed by atoms with E-state index in [1.165, 1.54) is 0 Å². The van der Waals surface area contributed by atoms with Gasteiger partial charge in [0.2, 0.25) is 35.4 Å². The van der Waals surface area contributed by atoms with Crippen LogP contribution in [0.4, 0.5) is 0 Å². The molecule has 0 aromatic rings. The topological polar surface area (TPSA) is 290 Å². The summed E-state index contributed by atoms with van der Waals surface area (Å²) in [5.41, 5.74) is 15.8. The van der Waals surface area contributed by atoms with Crippen LogP contribution < -0.4 is 43.8 Å². The highest BCUT2D eigenvalue weighted by atomic mass is 16.4. The summed E-state index contributed by atoms with van der Waals surface area (Å²) in [6.45, 7) is -0.311. The highest BCUT2D eigenvalue weighted by Crippen LogP contribution is 2.06. The number of hydrogen-bond donors (Lipinski definition) is 9. The van der Waals surface area contributed by atoms with Crippen LogP contribution in [-0.4, -0.2) is 90.2 Å². The van der Waals surface area contributed by atoms with Gasteiger partial charge in [0.15, 0.2) is 5.96 Å². The molecule has 40 heavy (non-hydrogen) atoms. The Morgan fingerprint density at radius 1 is 0.800 bits per heavy atom. The third-order valence-corrected chi connectivity index (χ3v) is 5.74. The average molecular weight is 570 g/mol. The summed E-state index contributed by atoms with van der Waals surface area (Å²) >= 11 is 0. The van der Waals surface area contributed by atoms with Gasteiger partial charge in [-0.25, -0.2) is 0 Å². The Morgan fingerprint density at radius 3 is 2.10 bits per heavy atom. The van der Waals surface area contributed by atoms with E-state index in [4.69, 9.17) is 22.3 Å². The maximum absolute atomic E-state index is 13.0. The summed E-state index contributed by atoms with van der Waals surface area (Å²) < 4.78 is 0. The van der Waals surface area contributed by atoms with E-state index in [0.717, 1.165) is 0 Å². The zero-order valence-corrected chi connectivity index (χ0v) is 22.2. The summed E-state index contributed by atoms with van der Waals surface area (Å²) in [5, 5.41) is 21.4. The number of rotatable bonds is 9. The molecule has 1 heterocycles. The minimum Gasteiger partial charge on any atom is -0.481 e. The number of amides is 6. The Morgan fingerprint density at radius 2 is 1.45 bits per heavy atom. The summed E-state index contributed by atoms with van der Waals surface area (Å²) in [5.74, 6) is -5.68. The first-order valence-corrected chi connectivity index (χ1v) is 12.9. The van der Waals surface area contributed by atoms with Crippen LogP contribution in [0.15, 0.2) is 4.99 Å². The molecule has 12 N–H and O–H groups in total. The molecule has 1 aliphatic rings. The van der Waals surface area contributed by atoms with Crippen LogP contribution in [0.25, 0.3) is 0 Å². The van der Waals surface area contributed by atoms with Crippen molar-refractivity contribution in [3.05, 3.63) is 0 Å². The van der Waals surface area contributed by atoms with Gasteiger partial charge in [-0.15, -0.1) is 0 Å². The lowest BCUT2D eigenvalue weighted by atomic mass is 10.1. The average Bonchev–Trinajstić information content (AvgIpc) is 2.87. The number of primary amides is 1. The predicted octanol–water partition coefficient (Wildman–Crippen LogP) is -3.96. The first-order valence-electron chi connectivity index (χ1n) is 12.9. The highest BCUT2D eigenvalue weighted by molar-refractivity contribution is 5.95. The fourth-order valence-electron chi connectivity index (χ4n) is 3.71. The Kier molecular flexibility index (Phi) is 15.1. The van der Waals surface area contributed by atoms with Crippen molar-refractivity contribution in [1.82, 2.24) is 26.6 Å². The molecule has 0 radical (unpaired) electrons. The third-order valence-electron chi connectivity index (χ3n) is 5.74. The van der Waals surface area contributed by atoms with E-state index in [1.807, 2.05) is 0 Å². The SMILES string of the molecule is NC(=O)CC[C@@H]1NC(=O)CCCCCNC(=O)[C@H](CC(=O)O)NC(=O)CNC(=O)[C@H](CCCN=C(N)N)NC1=O. The maximum atomic E-state index is 13.0. The molecule has 0 bridgehead atoms. The number of nitrogens with zero attached hydrogens (tertiary/aromatic N) is 1. The highest BCUT2D eigenvalue weighted by Gasteiger charge is 2.28. The van der Waals surface area contributed by atoms with Crippen LogP contribution in [0, 0.1) is 0 Å². The van der Waals surface area contributed by atoms with Crippen LogP contribution >= 0.6 is 0 Å². The molecule has 0 aromatic heterocycles. The minimum atomic E-state index is -1.38. The number of carbonyl (C=O) groups excluding carboxylic acids is 6. The molecule has 3 atom stereocenters. The smallest absolute Gasteiger partial charge is 0.305 e. The molecule has 17 nitrogen and oxygen atoms in total. The van der Waals surface area contributed by atoms with Crippen LogP contribution in [0.3, 0.4) is 0 Å². The Bertz CT molecular complexity index is 968. The molecule has 0 spiro atoms. The lowest BCUT2D eigenvalue weighted by Gasteiger charge is -2.23. The number of guanidine groups is 1. The van der Waals surface area contributed by atoms with Crippen molar-refractivity contribution in [3.63, 3.8) is 0 Å². The summed E-state index contributed by atoms with van der Waals surface area (Å²) in [6.07, 6.45) is 0.769. The van der Waals surface area contributed by atoms with E-state index >= 15 is 0 Å². The Balaban J connectivity index is 3.13. The zero-order chi connectivity index (χ0) is 30.1. The van der Waals surface area contributed by atoms with Gasteiger partial charge < -0.3 is 48.9 Å². The molecule has 1 aliphatic heterocycles. The standard InChI is InChI=1S/C23H39N9O8/c24-16(33)8-7-14-22(40)32-13(5-4-10-28-23(25)26)20(38)29-12-18(35)31-15(11-19(36)37)21(39)27-9-3-1-2-6-17(34)30-14/h13-15H,1-12H2,(H2,24,33)(H,27,39)(H,29,38)(H,30,34)(H,31,35)(H,32,40)(H,36,37)(H4,25,26,28)/t13-,14-,15-/m0/s1. The number of nitrogens with one attached hydrogen (secondary N) is 5. The van der Waals surface area contributed by atoms with E-state index in [-0.39, 0.29) is 51.2 Å². The van der Waals surface area contributed by atoms with Crippen LogP contribution in [0.1, 0.15) is 57.8 Å². The molecule has 6 amide bonds. The zero-order valence-electron chi connectivity index (χ0n) is 22.2. The lowest BCUT2D eigenvalue weighted by molar-refractivity contribution is -0.140. The van der Waals surface area contributed by atoms with Gasteiger partial charge in [0.25, 0.3) is 0 Å². The van der Waals surface area contributed by atoms with E-state index in [9.17, 15) is 33.6 Å². The van der Waals surface area contributed by atoms with Gasteiger partial charge in [0.05, 0.1) is 13.0 Å². The Labute approximate surface area is 230 Å². The van der Waals surface area contributed by atoms with Gasteiger partial charge in [0.1, 0.15) is 18.1 Å². The van der Waals surface area contributed by atoms with Gasteiger partial charge in [-0.3, -0.25) is 38.6 Å². The van der Waals surface area contributed by atoms with Crippen molar-refractivity contribution >= 4 is 47.4 Å². The molecule has 0 aliphatic carbocycles. The molecule has 1 saturated heterocycles. The largest absolute Gasteiger partial charge is 0.481 e. The number of aliphatic carboxylic acids is 1. The molecule has 1 fully saturated rings. The molecule has 1 rings (SSSR count). The van der Waals surface area contributed by atoms with Crippen molar-refractivity contribution in [3.8, 4) is 0 Å². The van der Waals surface area contributed by atoms with Gasteiger partial charge in [-0.05, 0) is 32.1 Å². The minimum absolute atomic E-state index is 0.0382. The van der Waals surface area contributed by atoms with Crippen LogP contribution in [0.2, 0.25) is 0 Å². The fourth-order valence-corrected chi connectivity index (χ4v) is 3.71. The number of carbonyl (C=O) groups is 7. The molecular weight excluding hydrogens is 530 g/mol. The van der Waals surface area contributed by atoms with Crippen LogP contribution in [-0.2, 0) is 33.6 Å². The number of nitrogens with two attached hydrogens (primary N) is 3. The van der Waals surface area contributed by atoms with E-state index in [2.05, 4.69) is 31.6 Å². The van der Waals surface area contributed by atoms with E-state index in [1.54, 1.807) is 0 Å². The second kappa shape index (κ2) is 18.0. The van der Waals surface area contributed by atoms with Gasteiger partial charge in [0, 0.05) is 25.9 Å². The number of carboxylic acids is 1. The molecule has 17 heteroatoms. The third kappa shape index (κ3) is 14.5. The first-order chi connectivity index (χ1) is 18.9. The van der Waals surface area contributed by atoms with E-state index < -0.39 is 72.5 Å². The second-order valence-electron chi connectivity index (χ2n) is 9.17. The lowest BCUT2D eigenvalue weighted by Crippen LogP contribution is -2.55. The van der Waals surface area contributed by atoms with Gasteiger partial charge >= 0.3 is 5.97 Å². The van der Waals surface area contributed by atoms with Crippen molar-refractivity contribution < 1.29 is 38.7 Å². The molecular formula is C23H39N9O8. The quantitative estimate of drug-likeness (QED) is 0.0737. The van der Waals surface area contributed by atoms with Crippen molar-refractivity contribution in [2.45, 2.75) is 75.9 Å². The fraction of sp³-hybridized carbons (Fsp3) is 0.652. The molecule has 0 unspecified atom stereocenters. The second-order valence-corrected chi connectivity index (χ2v) is 9.17. The van der Waals surface area contributed by atoms with Gasteiger partial charge in [-0.1, -0.05) is 6.42 Å². The number of aliphatic imine (C=N–C) groups is 1. The van der Waals surface area contributed by atoms with Gasteiger partial charge in [-0.2, -0.15) is 0 Å². The molecule has 0 aromatic carbocycles.